The first-order chi connectivity index (χ1) is 12.2. The molecule has 0 unspecified atom stereocenters. The van der Waals surface area contributed by atoms with Crippen LogP contribution in [0.4, 0.5) is 0 Å². The number of hydrogen-bond donors (Lipinski definition) is 0. The van der Waals surface area contributed by atoms with Crippen LogP contribution in [-0.4, -0.2) is 80.5 Å². The summed E-state index contributed by atoms with van der Waals surface area (Å²) in [7, 11) is 3.71. The molecule has 3 fully saturated rings. The van der Waals surface area contributed by atoms with Crippen LogP contribution in [0.5, 0.6) is 0 Å². The SMILES string of the molecule is COC(=O)C[C@@H]1[C@H]2OC(C)(C)O[C@H]2[C@@H]2[C@@H](C(=O)OC)[C@@H](C(=O)OC)ON21. The Balaban J connectivity index is 1.97. The van der Waals surface area contributed by atoms with Crippen LogP contribution in [0.3, 0.4) is 0 Å². The number of hydrogen-bond acceptors (Lipinski definition) is 10. The van der Waals surface area contributed by atoms with Crippen LogP contribution < -0.4 is 0 Å². The van der Waals surface area contributed by atoms with E-state index in [1.807, 2.05) is 0 Å². The normalized spacial score (nSPS) is 37.7. The Kier molecular flexibility index (Phi) is 4.95. The van der Waals surface area contributed by atoms with Crippen molar-refractivity contribution < 1.29 is 42.9 Å². The maximum Gasteiger partial charge on any atom is 0.338 e. The molecule has 0 radical (unpaired) electrons. The highest BCUT2D eigenvalue weighted by molar-refractivity contribution is 5.85. The van der Waals surface area contributed by atoms with Crippen LogP contribution in [0.15, 0.2) is 0 Å². The minimum absolute atomic E-state index is 0.0462. The summed E-state index contributed by atoms with van der Waals surface area (Å²) in [6.07, 6.45) is -2.35. The Bertz CT molecular complexity index is 607. The first kappa shape index (κ1) is 19.0. The van der Waals surface area contributed by atoms with Gasteiger partial charge >= 0.3 is 17.9 Å². The summed E-state index contributed by atoms with van der Waals surface area (Å²) >= 11 is 0. The summed E-state index contributed by atoms with van der Waals surface area (Å²) in [4.78, 5) is 42.1. The van der Waals surface area contributed by atoms with Crippen molar-refractivity contribution in [3.63, 3.8) is 0 Å². The predicted octanol–water partition coefficient (Wildman–Crippen LogP) is -0.602. The van der Waals surface area contributed by atoms with E-state index in [1.165, 1.54) is 26.4 Å². The van der Waals surface area contributed by atoms with Crippen molar-refractivity contribution >= 4 is 17.9 Å². The fourth-order valence-corrected chi connectivity index (χ4v) is 3.94. The van der Waals surface area contributed by atoms with Gasteiger partial charge in [-0.15, -0.1) is 0 Å². The third kappa shape index (κ3) is 2.96. The molecule has 0 aromatic rings. The molecule has 0 N–H and O–H groups in total. The molecular weight excluding hydrogens is 350 g/mol. The second kappa shape index (κ2) is 6.76. The monoisotopic (exact) mass is 373 g/mol. The zero-order valence-electron chi connectivity index (χ0n) is 15.3. The van der Waals surface area contributed by atoms with Crippen molar-refractivity contribution in [1.29, 1.82) is 0 Å². The third-order valence-corrected chi connectivity index (χ3v) is 4.94. The largest absolute Gasteiger partial charge is 0.469 e. The lowest BCUT2D eigenvalue weighted by molar-refractivity contribution is -0.228. The van der Waals surface area contributed by atoms with Crippen LogP contribution in [0.1, 0.15) is 20.3 Å². The van der Waals surface area contributed by atoms with Crippen molar-refractivity contribution in [1.82, 2.24) is 5.06 Å². The fourth-order valence-electron chi connectivity index (χ4n) is 3.94. The van der Waals surface area contributed by atoms with E-state index >= 15 is 0 Å². The van der Waals surface area contributed by atoms with E-state index in [0.29, 0.717) is 0 Å². The molecule has 0 spiro atoms. The number of hydroxylamine groups is 2. The molecule has 0 aromatic carbocycles. The molecular formula is C16H23NO9. The van der Waals surface area contributed by atoms with Gasteiger partial charge in [-0.2, -0.15) is 5.06 Å². The van der Waals surface area contributed by atoms with Crippen molar-refractivity contribution in [3.8, 4) is 0 Å². The van der Waals surface area contributed by atoms with E-state index in [2.05, 4.69) is 0 Å². The lowest BCUT2D eigenvalue weighted by atomic mass is 9.91. The Morgan fingerprint density at radius 2 is 1.58 bits per heavy atom. The molecule has 0 bridgehead atoms. The van der Waals surface area contributed by atoms with Crippen LogP contribution in [-0.2, 0) is 42.9 Å². The molecule has 26 heavy (non-hydrogen) atoms. The molecule has 3 aliphatic heterocycles. The lowest BCUT2D eigenvalue weighted by Gasteiger charge is -2.28. The van der Waals surface area contributed by atoms with Gasteiger partial charge in [0.25, 0.3) is 0 Å². The number of rotatable bonds is 4. The van der Waals surface area contributed by atoms with Gasteiger partial charge in [0, 0.05) is 0 Å². The molecule has 3 saturated heterocycles. The first-order valence-electron chi connectivity index (χ1n) is 8.27. The Hall–Kier alpha value is -1.75. The van der Waals surface area contributed by atoms with E-state index in [0.717, 1.165) is 0 Å². The third-order valence-electron chi connectivity index (χ3n) is 4.94. The first-order valence-corrected chi connectivity index (χ1v) is 8.27. The summed E-state index contributed by atoms with van der Waals surface area (Å²) in [5.74, 6) is -3.68. The molecule has 3 rings (SSSR count). The van der Waals surface area contributed by atoms with Crippen LogP contribution in [0.25, 0.3) is 0 Å². The molecule has 0 aliphatic carbocycles. The molecule has 0 aromatic heterocycles. The number of esters is 3. The highest BCUT2D eigenvalue weighted by atomic mass is 16.8. The highest BCUT2D eigenvalue weighted by Crippen LogP contribution is 2.48. The smallest absolute Gasteiger partial charge is 0.338 e. The number of fused-ring (bicyclic) bond motifs is 3. The van der Waals surface area contributed by atoms with Crippen molar-refractivity contribution in [2.75, 3.05) is 21.3 Å². The van der Waals surface area contributed by atoms with E-state index in [1.54, 1.807) is 13.8 Å². The van der Waals surface area contributed by atoms with Crippen LogP contribution in [0, 0.1) is 5.92 Å². The zero-order chi connectivity index (χ0) is 19.2. The van der Waals surface area contributed by atoms with E-state index in [-0.39, 0.29) is 6.42 Å². The second-order valence-corrected chi connectivity index (χ2v) is 6.86. The topological polar surface area (TPSA) is 110 Å². The van der Waals surface area contributed by atoms with Gasteiger partial charge in [0.05, 0.1) is 39.8 Å². The van der Waals surface area contributed by atoms with Gasteiger partial charge in [-0.3, -0.25) is 14.4 Å². The molecule has 3 aliphatic rings. The van der Waals surface area contributed by atoms with E-state index < -0.39 is 60.0 Å². The maximum absolute atomic E-state index is 12.4. The maximum atomic E-state index is 12.4. The van der Waals surface area contributed by atoms with Gasteiger partial charge in [-0.05, 0) is 13.8 Å². The van der Waals surface area contributed by atoms with Gasteiger partial charge in [-0.25, -0.2) is 4.79 Å². The predicted molar refractivity (Wildman–Crippen MR) is 82.3 cm³/mol. The van der Waals surface area contributed by atoms with Gasteiger partial charge in [0.2, 0.25) is 0 Å². The Morgan fingerprint density at radius 1 is 0.962 bits per heavy atom. The van der Waals surface area contributed by atoms with Crippen molar-refractivity contribution in [3.05, 3.63) is 0 Å². The lowest BCUT2D eigenvalue weighted by Crippen LogP contribution is -2.44. The summed E-state index contributed by atoms with van der Waals surface area (Å²) < 4.78 is 26.3. The average Bonchev–Trinajstić information content (AvgIpc) is 3.21. The van der Waals surface area contributed by atoms with Crippen molar-refractivity contribution in [2.24, 2.45) is 5.92 Å². The van der Waals surface area contributed by atoms with Gasteiger partial charge < -0.3 is 23.7 Å². The van der Waals surface area contributed by atoms with Crippen LogP contribution in [0.2, 0.25) is 0 Å². The fraction of sp³-hybridized carbons (Fsp3) is 0.812. The number of carbonyl (C=O) groups is 3. The molecule has 146 valence electrons. The number of ether oxygens (including phenoxy) is 5. The number of carbonyl (C=O) groups excluding carboxylic acids is 3. The Morgan fingerprint density at radius 3 is 2.15 bits per heavy atom. The molecule has 0 amide bonds. The average molecular weight is 373 g/mol. The van der Waals surface area contributed by atoms with Crippen molar-refractivity contribution in [2.45, 2.75) is 56.5 Å². The minimum Gasteiger partial charge on any atom is -0.469 e. The molecule has 6 atom stereocenters. The van der Waals surface area contributed by atoms with Gasteiger partial charge in [0.15, 0.2) is 11.9 Å². The second-order valence-electron chi connectivity index (χ2n) is 6.86. The summed E-state index contributed by atoms with van der Waals surface area (Å²) in [5.41, 5.74) is 0. The van der Waals surface area contributed by atoms with E-state index in [9.17, 15) is 14.4 Å². The van der Waals surface area contributed by atoms with E-state index in [4.69, 9.17) is 28.5 Å². The quantitative estimate of drug-likeness (QED) is 0.468. The van der Waals surface area contributed by atoms with Crippen LogP contribution >= 0.6 is 0 Å². The summed E-state index contributed by atoms with van der Waals surface area (Å²) in [5, 5.41) is 1.44. The minimum atomic E-state index is -1.19. The number of nitrogens with zero attached hydrogens (tertiary/aromatic N) is 1. The summed E-state index contributed by atoms with van der Waals surface area (Å²) in [6, 6.07) is -1.24. The molecule has 10 nitrogen and oxygen atoms in total. The molecule has 3 heterocycles. The molecule has 10 heteroatoms. The highest BCUT2D eigenvalue weighted by Gasteiger charge is 2.68. The Labute approximate surface area is 150 Å². The standard InChI is InChI=1S/C16H23NO9/c1-16(2)24-11-7(6-8(18)21-3)17-10(13(11)25-16)9(14(19)22-4)12(26-17)15(20)23-5/h7,9-13H,6H2,1-5H3/t7-,9-,10+,11-,12+,13+/m1/s1. The zero-order valence-corrected chi connectivity index (χ0v) is 15.3. The van der Waals surface area contributed by atoms with Gasteiger partial charge in [0.1, 0.15) is 18.1 Å². The summed E-state index contributed by atoms with van der Waals surface area (Å²) in [6.45, 7) is 3.48. The van der Waals surface area contributed by atoms with Gasteiger partial charge in [-0.1, -0.05) is 0 Å². The number of methoxy groups -OCH3 is 3. The molecule has 0 saturated carbocycles.